The van der Waals surface area contributed by atoms with E-state index in [0.717, 1.165) is 0 Å². The third-order valence-electron chi connectivity index (χ3n) is 1.22. The molecule has 0 fully saturated rings. The van der Waals surface area contributed by atoms with Crippen LogP contribution >= 0.6 is 8.25 Å². The molecule has 0 spiro atoms. The molecule has 0 unspecified atom stereocenters. The van der Waals surface area contributed by atoms with Crippen molar-refractivity contribution in [3.63, 3.8) is 0 Å². The van der Waals surface area contributed by atoms with E-state index in [-0.39, 0.29) is 0 Å². The van der Waals surface area contributed by atoms with Crippen molar-refractivity contribution in [2.24, 2.45) is 0 Å². The van der Waals surface area contributed by atoms with Crippen LogP contribution in [-0.2, 0) is 4.57 Å². The zero-order valence-electron chi connectivity index (χ0n) is 7.11. The summed E-state index contributed by atoms with van der Waals surface area (Å²) in [7, 11) is -3.13. The van der Waals surface area contributed by atoms with Crippen LogP contribution in [0.4, 0.5) is 0 Å². The molecule has 68 valence electrons. The molecule has 0 heterocycles. The molecule has 4 heteroatoms. The summed E-state index contributed by atoms with van der Waals surface area (Å²) in [4.78, 5) is 14.3. The first-order valence-corrected chi connectivity index (χ1v) is 4.78. The Kier molecular flexibility index (Phi) is 5.64. The van der Waals surface area contributed by atoms with E-state index >= 15 is 0 Å². The van der Waals surface area contributed by atoms with Crippen LogP contribution in [0.15, 0.2) is 24.3 Å². The summed E-state index contributed by atoms with van der Waals surface area (Å²) < 4.78 is 8.74. The van der Waals surface area contributed by atoms with Gasteiger partial charge in [0, 0.05) is 0 Å². The number of hydrogen-bond acceptors (Lipinski definition) is 1. The fraction of sp³-hybridized carbons (Fsp3) is 0.250. The summed E-state index contributed by atoms with van der Waals surface area (Å²) in [5.74, 6) is 0. The predicted octanol–water partition coefficient (Wildman–Crippen LogP) is 1.66. The molecule has 12 heavy (non-hydrogen) atoms. The summed E-state index contributed by atoms with van der Waals surface area (Å²) >= 11 is 0. The first kappa shape index (κ1) is 11.4. The summed E-state index contributed by atoms with van der Waals surface area (Å²) in [5.41, 5.74) is 2.66. The van der Waals surface area contributed by atoms with Crippen molar-refractivity contribution in [2.45, 2.75) is 13.8 Å². The maximum Gasteiger partial charge on any atom is 0.314 e. The van der Waals surface area contributed by atoms with Gasteiger partial charge in [-0.2, -0.15) is 0 Å². The van der Waals surface area contributed by atoms with Crippen LogP contribution in [0.5, 0.6) is 0 Å². The highest BCUT2D eigenvalue weighted by Crippen LogP contribution is 1.99. The van der Waals surface area contributed by atoms with Crippen molar-refractivity contribution in [2.75, 3.05) is 0 Å². The Labute approximate surface area is 72.6 Å². The summed E-state index contributed by atoms with van der Waals surface area (Å²) in [6.45, 7) is 4.19. The van der Waals surface area contributed by atoms with E-state index in [1.54, 1.807) is 0 Å². The summed E-state index contributed by atoms with van der Waals surface area (Å²) in [6, 6.07) is 8.48. The molecule has 1 aromatic carbocycles. The van der Waals surface area contributed by atoms with Crippen LogP contribution in [0.3, 0.4) is 0 Å². The smallest absolute Gasteiger partial charge is 0.314 e. The van der Waals surface area contributed by atoms with Gasteiger partial charge in [-0.25, -0.2) is 0 Å². The van der Waals surface area contributed by atoms with Crippen molar-refractivity contribution in [3.8, 4) is 0 Å². The fourth-order valence-electron chi connectivity index (χ4n) is 0.637. The predicted molar refractivity (Wildman–Crippen MR) is 49.4 cm³/mol. The first-order chi connectivity index (χ1) is 5.52. The molecule has 2 N–H and O–H groups in total. The number of hydrogen-bond donors (Lipinski definition) is 2. The maximum absolute atomic E-state index is 8.74. The molecule has 1 rings (SSSR count). The van der Waals surface area contributed by atoms with E-state index in [2.05, 4.69) is 38.1 Å². The fourth-order valence-corrected chi connectivity index (χ4v) is 0.637. The molecule has 0 saturated carbocycles. The van der Waals surface area contributed by atoms with Crippen LogP contribution in [0, 0.1) is 13.8 Å². The molecule has 3 nitrogen and oxygen atoms in total. The molecule has 0 aromatic heterocycles. The third kappa shape index (κ3) is 7.48. The number of benzene rings is 1. The van der Waals surface area contributed by atoms with Crippen LogP contribution < -0.4 is 0 Å². The Bertz CT molecular complexity index is 218. The molecule has 0 atom stereocenters. The highest BCUT2D eigenvalue weighted by Gasteiger charge is 1.79. The Balaban J connectivity index is 0.000000261. The van der Waals surface area contributed by atoms with E-state index in [1.807, 2.05) is 0 Å². The Morgan fingerprint density at radius 3 is 1.33 bits per heavy atom. The molecule has 0 aliphatic carbocycles. The highest BCUT2D eigenvalue weighted by molar-refractivity contribution is 7.30. The second kappa shape index (κ2) is 5.95. The zero-order valence-corrected chi connectivity index (χ0v) is 8.11. The van der Waals surface area contributed by atoms with Gasteiger partial charge in [-0.05, 0) is 13.8 Å². The molecule has 0 saturated heterocycles. The SMILES string of the molecule is Cc1ccc(C)cc1.O=[PH](O)O. The topological polar surface area (TPSA) is 57.5 Å². The van der Waals surface area contributed by atoms with E-state index in [1.165, 1.54) is 11.1 Å². The van der Waals surface area contributed by atoms with Gasteiger partial charge < -0.3 is 9.79 Å². The second-order valence-corrected chi connectivity index (χ2v) is 3.00. The lowest BCUT2D eigenvalue weighted by Gasteiger charge is -1.90. The van der Waals surface area contributed by atoms with Gasteiger partial charge in [-0.15, -0.1) is 0 Å². The van der Waals surface area contributed by atoms with Gasteiger partial charge in [0.2, 0.25) is 0 Å². The van der Waals surface area contributed by atoms with E-state index in [4.69, 9.17) is 14.4 Å². The molecule has 0 aliphatic rings. The van der Waals surface area contributed by atoms with Gasteiger partial charge in [0.25, 0.3) is 0 Å². The van der Waals surface area contributed by atoms with Crippen molar-refractivity contribution in [3.05, 3.63) is 35.4 Å². The number of aryl methyl sites for hydroxylation is 2. The minimum atomic E-state index is -3.13. The molecule has 1 aromatic rings. The largest absolute Gasteiger partial charge is 0.326 e. The van der Waals surface area contributed by atoms with Crippen LogP contribution in [0.1, 0.15) is 11.1 Å². The van der Waals surface area contributed by atoms with Crippen molar-refractivity contribution < 1.29 is 14.4 Å². The number of rotatable bonds is 0. The minimum Gasteiger partial charge on any atom is -0.326 e. The monoisotopic (exact) mass is 188 g/mol. The van der Waals surface area contributed by atoms with Gasteiger partial charge in [0.05, 0.1) is 0 Å². The molecule has 0 radical (unpaired) electrons. The van der Waals surface area contributed by atoms with E-state index < -0.39 is 8.25 Å². The van der Waals surface area contributed by atoms with Gasteiger partial charge in [0.1, 0.15) is 0 Å². The van der Waals surface area contributed by atoms with Crippen LogP contribution in [0.25, 0.3) is 0 Å². The van der Waals surface area contributed by atoms with Crippen LogP contribution in [-0.4, -0.2) is 9.79 Å². The van der Waals surface area contributed by atoms with Gasteiger partial charge in [0.15, 0.2) is 0 Å². The lowest BCUT2D eigenvalue weighted by molar-refractivity contribution is 0.405. The molecule has 0 bridgehead atoms. The van der Waals surface area contributed by atoms with E-state index in [9.17, 15) is 0 Å². The molecule has 0 amide bonds. The van der Waals surface area contributed by atoms with Gasteiger partial charge >= 0.3 is 8.25 Å². The minimum absolute atomic E-state index is 1.33. The van der Waals surface area contributed by atoms with Crippen molar-refractivity contribution in [1.82, 2.24) is 0 Å². The van der Waals surface area contributed by atoms with Crippen molar-refractivity contribution >= 4 is 8.25 Å². The van der Waals surface area contributed by atoms with E-state index in [0.29, 0.717) is 0 Å². The average Bonchev–Trinajstić information content (AvgIpc) is 1.94. The quantitative estimate of drug-likeness (QED) is 0.609. The lowest BCUT2D eigenvalue weighted by atomic mass is 10.2. The maximum atomic E-state index is 8.74. The molecular formula is C8H13O3P. The Morgan fingerprint density at radius 2 is 1.17 bits per heavy atom. The lowest BCUT2D eigenvalue weighted by Crippen LogP contribution is -1.70. The summed E-state index contributed by atoms with van der Waals surface area (Å²) in [6.07, 6.45) is 0. The average molecular weight is 188 g/mol. The Morgan fingerprint density at radius 1 is 1.00 bits per heavy atom. The Hall–Kier alpha value is -0.630. The van der Waals surface area contributed by atoms with Crippen LogP contribution in [0.2, 0.25) is 0 Å². The standard InChI is InChI=1S/C8H10.H3O3P/c1-7-3-5-8(2)6-4-7;1-4(2)3/h3-6H,1-2H3;4H,(H2,1,2,3). The second-order valence-electron chi connectivity index (χ2n) is 2.44. The molecular weight excluding hydrogens is 175 g/mol. The summed E-state index contributed by atoms with van der Waals surface area (Å²) in [5, 5.41) is 0. The third-order valence-corrected chi connectivity index (χ3v) is 1.22. The normalized spacial score (nSPS) is 9.08. The molecule has 0 aliphatic heterocycles. The van der Waals surface area contributed by atoms with Gasteiger partial charge in [-0.3, -0.25) is 4.57 Å². The van der Waals surface area contributed by atoms with Crippen molar-refractivity contribution in [1.29, 1.82) is 0 Å². The van der Waals surface area contributed by atoms with Gasteiger partial charge in [-0.1, -0.05) is 35.4 Å². The first-order valence-electron chi connectivity index (χ1n) is 3.47. The highest BCUT2D eigenvalue weighted by atomic mass is 31.1. The zero-order chi connectivity index (χ0) is 9.56.